The molecule has 0 atom stereocenters. The summed E-state index contributed by atoms with van der Waals surface area (Å²) in [6.45, 7) is 10.8. The number of carbonyl (C=O) groups is 1. The fraction of sp³-hybridized carbons (Fsp3) is 0.909. The number of piperazine rings is 1. The standard InChI is InChI=1S/C11H23N3O/c1-10(15)14-7-5-13(6-8-14)9-11(2,3)12-4/h12H,5-9H2,1-4H3. The van der Waals surface area contributed by atoms with E-state index in [1.54, 1.807) is 6.92 Å². The van der Waals surface area contributed by atoms with Crippen LogP contribution in [0, 0.1) is 0 Å². The van der Waals surface area contributed by atoms with E-state index in [0.29, 0.717) is 0 Å². The van der Waals surface area contributed by atoms with Crippen LogP contribution < -0.4 is 5.32 Å². The normalized spacial score (nSPS) is 19.3. The van der Waals surface area contributed by atoms with Crippen LogP contribution in [0.1, 0.15) is 20.8 Å². The number of nitrogens with zero attached hydrogens (tertiary/aromatic N) is 2. The molecule has 0 saturated carbocycles. The van der Waals surface area contributed by atoms with Crippen LogP contribution >= 0.6 is 0 Å². The van der Waals surface area contributed by atoms with E-state index in [1.165, 1.54) is 0 Å². The molecule has 15 heavy (non-hydrogen) atoms. The Balaban J connectivity index is 2.35. The number of hydrogen-bond acceptors (Lipinski definition) is 3. The maximum Gasteiger partial charge on any atom is 0.219 e. The number of carbonyl (C=O) groups excluding carboxylic acids is 1. The maximum atomic E-state index is 11.1. The summed E-state index contributed by atoms with van der Waals surface area (Å²) < 4.78 is 0. The second-order valence-corrected chi connectivity index (χ2v) is 4.92. The highest BCUT2D eigenvalue weighted by atomic mass is 16.2. The molecular formula is C11H23N3O. The van der Waals surface area contributed by atoms with Crippen LogP contribution in [0.2, 0.25) is 0 Å². The van der Waals surface area contributed by atoms with Crippen molar-refractivity contribution < 1.29 is 4.79 Å². The summed E-state index contributed by atoms with van der Waals surface area (Å²) in [4.78, 5) is 15.5. The van der Waals surface area contributed by atoms with E-state index in [4.69, 9.17) is 0 Å². The van der Waals surface area contributed by atoms with Gasteiger partial charge in [0.2, 0.25) is 5.91 Å². The highest BCUT2D eigenvalue weighted by molar-refractivity contribution is 5.73. The second-order valence-electron chi connectivity index (χ2n) is 4.92. The number of nitrogens with one attached hydrogen (secondary N) is 1. The molecule has 1 aliphatic heterocycles. The summed E-state index contributed by atoms with van der Waals surface area (Å²) in [6, 6.07) is 0. The van der Waals surface area contributed by atoms with Crippen molar-refractivity contribution in [1.29, 1.82) is 0 Å². The van der Waals surface area contributed by atoms with Crippen molar-refractivity contribution in [3.05, 3.63) is 0 Å². The van der Waals surface area contributed by atoms with E-state index >= 15 is 0 Å². The van der Waals surface area contributed by atoms with Gasteiger partial charge in [0, 0.05) is 45.2 Å². The molecule has 0 bridgehead atoms. The number of hydrogen-bond donors (Lipinski definition) is 1. The largest absolute Gasteiger partial charge is 0.340 e. The van der Waals surface area contributed by atoms with Gasteiger partial charge in [-0.25, -0.2) is 0 Å². The van der Waals surface area contributed by atoms with Crippen LogP contribution in [-0.4, -0.2) is 61.0 Å². The predicted octanol–water partition coefficient (Wildman–Crippen LogP) is 0.148. The van der Waals surface area contributed by atoms with Gasteiger partial charge in [0.05, 0.1) is 0 Å². The molecule has 1 N–H and O–H groups in total. The molecule has 0 aromatic rings. The average Bonchev–Trinajstić information content (AvgIpc) is 2.18. The van der Waals surface area contributed by atoms with Crippen LogP contribution in [0.25, 0.3) is 0 Å². The van der Waals surface area contributed by atoms with E-state index in [0.717, 1.165) is 32.7 Å². The summed E-state index contributed by atoms with van der Waals surface area (Å²) in [5.74, 6) is 0.197. The van der Waals surface area contributed by atoms with Crippen LogP contribution in [0.4, 0.5) is 0 Å². The van der Waals surface area contributed by atoms with Crippen molar-refractivity contribution in [1.82, 2.24) is 15.1 Å². The average molecular weight is 213 g/mol. The highest BCUT2D eigenvalue weighted by Gasteiger charge is 2.23. The van der Waals surface area contributed by atoms with Crippen LogP contribution in [0.5, 0.6) is 0 Å². The molecule has 0 unspecified atom stereocenters. The lowest BCUT2D eigenvalue weighted by Crippen LogP contribution is -2.54. The quantitative estimate of drug-likeness (QED) is 0.725. The highest BCUT2D eigenvalue weighted by Crippen LogP contribution is 2.08. The minimum atomic E-state index is 0.151. The first-order valence-corrected chi connectivity index (χ1v) is 5.61. The molecule has 0 radical (unpaired) electrons. The van der Waals surface area contributed by atoms with Crippen molar-refractivity contribution in [2.24, 2.45) is 0 Å². The third-order valence-corrected chi connectivity index (χ3v) is 3.11. The molecule has 0 aromatic heterocycles. The zero-order valence-corrected chi connectivity index (χ0v) is 10.3. The van der Waals surface area contributed by atoms with Crippen molar-refractivity contribution >= 4 is 5.91 Å². The van der Waals surface area contributed by atoms with Gasteiger partial charge in [0.25, 0.3) is 0 Å². The molecule has 0 aliphatic carbocycles. The Morgan fingerprint density at radius 3 is 2.20 bits per heavy atom. The summed E-state index contributed by atoms with van der Waals surface area (Å²) in [5.41, 5.74) is 0.151. The second kappa shape index (κ2) is 4.94. The molecule has 0 spiro atoms. The fourth-order valence-corrected chi connectivity index (χ4v) is 1.86. The van der Waals surface area contributed by atoms with Crippen molar-refractivity contribution in [3.8, 4) is 0 Å². The van der Waals surface area contributed by atoms with Gasteiger partial charge in [-0.1, -0.05) is 0 Å². The van der Waals surface area contributed by atoms with E-state index in [1.807, 2.05) is 11.9 Å². The molecule has 1 saturated heterocycles. The van der Waals surface area contributed by atoms with Crippen molar-refractivity contribution in [2.45, 2.75) is 26.3 Å². The van der Waals surface area contributed by atoms with Gasteiger partial charge in [-0.3, -0.25) is 9.69 Å². The van der Waals surface area contributed by atoms with Gasteiger partial charge >= 0.3 is 0 Å². The lowest BCUT2D eigenvalue weighted by atomic mass is 10.0. The molecule has 4 nitrogen and oxygen atoms in total. The molecule has 4 heteroatoms. The van der Waals surface area contributed by atoms with E-state index in [9.17, 15) is 4.79 Å². The zero-order chi connectivity index (χ0) is 11.5. The monoisotopic (exact) mass is 213 g/mol. The lowest BCUT2D eigenvalue weighted by Gasteiger charge is -2.38. The van der Waals surface area contributed by atoms with Crippen molar-refractivity contribution in [3.63, 3.8) is 0 Å². The van der Waals surface area contributed by atoms with Gasteiger partial charge in [-0.05, 0) is 20.9 Å². The Kier molecular flexibility index (Phi) is 4.11. The Labute approximate surface area is 92.6 Å². The van der Waals surface area contributed by atoms with Gasteiger partial charge in [0.1, 0.15) is 0 Å². The molecule has 0 aromatic carbocycles. The van der Waals surface area contributed by atoms with Gasteiger partial charge in [-0.15, -0.1) is 0 Å². The van der Waals surface area contributed by atoms with Crippen LogP contribution in [-0.2, 0) is 4.79 Å². The van der Waals surface area contributed by atoms with Crippen LogP contribution in [0.3, 0.4) is 0 Å². The number of likely N-dealkylation sites (N-methyl/N-ethyl adjacent to an activating group) is 1. The number of rotatable bonds is 3. The minimum absolute atomic E-state index is 0.151. The predicted molar refractivity (Wildman–Crippen MR) is 61.8 cm³/mol. The van der Waals surface area contributed by atoms with Gasteiger partial charge in [0.15, 0.2) is 0 Å². The van der Waals surface area contributed by atoms with Gasteiger partial charge in [-0.2, -0.15) is 0 Å². The SMILES string of the molecule is CNC(C)(C)CN1CCN(C(C)=O)CC1. The Morgan fingerprint density at radius 2 is 1.80 bits per heavy atom. The first-order chi connectivity index (χ1) is 6.94. The first-order valence-electron chi connectivity index (χ1n) is 5.61. The molecule has 1 aliphatic rings. The topological polar surface area (TPSA) is 35.6 Å². The molecule has 1 amide bonds. The molecule has 1 heterocycles. The fourth-order valence-electron chi connectivity index (χ4n) is 1.86. The van der Waals surface area contributed by atoms with Gasteiger partial charge < -0.3 is 10.2 Å². The van der Waals surface area contributed by atoms with E-state index in [-0.39, 0.29) is 11.4 Å². The summed E-state index contributed by atoms with van der Waals surface area (Å²) in [6.07, 6.45) is 0. The molecule has 88 valence electrons. The maximum absolute atomic E-state index is 11.1. The van der Waals surface area contributed by atoms with Crippen molar-refractivity contribution in [2.75, 3.05) is 39.8 Å². The Morgan fingerprint density at radius 1 is 1.27 bits per heavy atom. The molecule has 1 fully saturated rings. The van der Waals surface area contributed by atoms with E-state index in [2.05, 4.69) is 24.1 Å². The summed E-state index contributed by atoms with van der Waals surface area (Å²) in [7, 11) is 1.99. The lowest BCUT2D eigenvalue weighted by molar-refractivity contribution is -0.130. The smallest absolute Gasteiger partial charge is 0.219 e. The number of amides is 1. The third kappa shape index (κ3) is 3.80. The third-order valence-electron chi connectivity index (χ3n) is 3.11. The first kappa shape index (κ1) is 12.5. The van der Waals surface area contributed by atoms with Crippen LogP contribution in [0.15, 0.2) is 0 Å². The van der Waals surface area contributed by atoms with E-state index < -0.39 is 0 Å². The Bertz CT molecular complexity index is 220. The minimum Gasteiger partial charge on any atom is -0.340 e. The zero-order valence-electron chi connectivity index (χ0n) is 10.3. The molecule has 1 rings (SSSR count). The summed E-state index contributed by atoms with van der Waals surface area (Å²) in [5, 5.41) is 3.30. The summed E-state index contributed by atoms with van der Waals surface area (Å²) >= 11 is 0. The molecular weight excluding hydrogens is 190 g/mol. The Hall–Kier alpha value is -0.610.